The average molecular weight is 283 g/mol. The number of fused-ring (bicyclic) bond motifs is 4. The molecule has 0 amide bonds. The van der Waals surface area contributed by atoms with Gasteiger partial charge >= 0.3 is 0 Å². The summed E-state index contributed by atoms with van der Waals surface area (Å²) in [6.07, 6.45) is 1.69. The van der Waals surface area contributed by atoms with Gasteiger partial charge in [0.2, 0.25) is 11.6 Å². The van der Waals surface area contributed by atoms with Gasteiger partial charge in [-0.1, -0.05) is 35.9 Å². The summed E-state index contributed by atoms with van der Waals surface area (Å²) in [6, 6.07) is 10.2. The maximum absolute atomic E-state index is 12.6. The van der Waals surface area contributed by atoms with Gasteiger partial charge in [0, 0.05) is 17.3 Å². The fourth-order valence-corrected chi connectivity index (χ4v) is 2.75. The van der Waals surface area contributed by atoms with E-state index < -0.39 is 0 Å². The van der Waals surface area contributed by atoms with Crippen molar-refractivity contribution in [2.24, 2.45) is 0 Å². The molecule has 0 saturated carbocycles. The van der Waals surface area contributed by atoms with Crippen molar-refractivity contribution in [3.05, 3.63) is 70.1 Å². The highest BCUT2D eigenvalue weighted by molar-refractivity contribution is 6.34. The summed E-state index contributed by atoms with van der Waals surface area (Å²) in [5.41, 5.74) is 1.68. The Bertz CT molecular complexity index is 911. The van der Waals surface area contributed by atoms with Crippen LogP contribution in [0, 0.1) is 0 Å². The molecular formula is C15H7ClN2O2. The Balaban J connectivity index is 2.14. The standard InChI is InChI=1S/C15H7ClN2O2/c16-10-6-3-7-18-12-11(17-15(10)18)13(19)8-4-1-2-5-9(8)14(12)20/h1-7H. The second-order valence-corrected chi connectivity index (χ2v) is 4.97. The number of imidazole rings is 1. The van der Waals surface area contributed by atoms with Gasteiger partial charge < -0.3 is 0 Å². The molecule has 0 saturated heterocycles. The molecule has 2 aromatic heterocycles. The molecule has 0 aliphatic heterocycles. The Morgan fingerprint density at radius 2 is 1.65 bits per heavy atom. The van der Waals surface area contributed by atoms with Gasteiger partial charge in [0.25, 0.3) is 0 Å². The molecule has 1 aliphatic carbocycles. The minimum absolute atomic E-state index is 0.168. The first-order valence-corrected chi connectivity index (χ1v) is 6.41. The highest BCUT2D eigenvalue weighted by Crippen LogP contribution is 2.29. The number of rotatable bonds is 0. The van der Waals surface area contributed by atoms with Crippen LogP contribution in [-0.4, -0.2) is 21.0 Å². The second-order valence-electron chi connectivity index (χ2n) is 4.56. The normalized spacial score (nSPS) is 13.4. The second kappa shape index (κ2) is 3.77. The van der Waals surface area contributed by atoms with Crippen molar-refractivity contribution >= 4 is 28.8 Å². The lowest BCUT2D eigenvalue weighted by Gasteiger charge is -2.13. The molecule has 1 aliphatic rings. The van der Waals surface area contributed by atoms with Crippen LogP contribution in [-0.2, 0) is 0 Å². The first-order valence-electron chi connectivity index (χ1n) is 6.03. The fraction of sp³-hybridized carbons (Fsp3) is 0. The van der Waals surface area contributed by atoms with Crippen LogP contribution in [0.3, 0.4) is 0 Å². The lowest BCUT2D eigenvalue weighted by molar-refractivity contribution is 0.0973. The first kappa shape index (κ1) is 11.4. The summed E-state index contributed by atoms with van der Waals surface area (Å²) in [5, 5.41) is 0.409. The van der Waals surface area contributed by atoms with Crippen molar-refractivity contribution in [1.29, 1.82) is 0 Å². The minimum Gasteiger partial charge on any atom is -0.295 e. The summed E-state index contributed by atoms with van der Waals surface area (Å²) >= 11 is 6.08. The fourth-order valence-electron chi connectivity index (χ4n) is 2.54. The van der Waals surface area contributed by atoms with Gasteiger partial charge in [-0.15, -0.1) is 0 Å². The van der Waals surface area contributed by atoms with E-state index in [1.165, 1.54) is 0 Å². The van der Waals surface area contributed by atoms with E-state index in [1.807, 2.05) is 0 Å². The van der Waals surface area contributed by atoms with E-state index in [0.717, 1.165) is 0 Å². The maximum Gasteiger partial charge on any atom is 0.214 e. The molecule has 0 radical (unpaired) electrons. The Hall–Kier alpha value is -2.46. The molecule has 0 N–H and O–H groups in total. The summed E-state index contributed by atoms with van der Waals surface area (Å²) < 4.78 is 1.58. The van der Waals surface area contributed by atoms with Gasteiger partial charge in [-0.2, -0.15) is 0 Å². The van der Waals surface area contributed by atoms with Crippen LogP contribution in [0.4, 0.5) is 0 Å². The topological polar surface area (TPSA) is 51.4 Å². The summed E-state index contributed by atoms with van der Waals surface area (Å²) in [4.78, 5) is 29.3. The Kier molecular flexibility index (Phi) is 2.15. The highest BCUT2D eigenvalue weighted by atomic mass is 35.5. The smallest absolute Gasteiger partial charge is 0.214 e. The van der Waals surface area contributed by atoms with Crippen LogP contribution >= 0.6 is 11.6 Å². The minimum atomic E-state index is -0.241. The molecule has 2 heterocycles. The highest BCUT2D eigenvalue weighted by Gasteiger charge is 2.34. The van der Waals surface area contributed by atoms with Crippen LogP contribution < -0.4 is 0 Å². The Labute approximate surface area is 118 Å². The molecular weight excluding hydrogens is 276 g/mol. The molecule has 0 bridgehead atoms. The molecule has 96 valence electrons. The number of pyridine rings is 1. The third-order valence-electron chi connectivity index (χ3n) is 3.45. The zero-order valence-electron chi connectivity index (χ0n) is 10.1. The van der Waals surface area contributed by atoms with Crippen molar-refractivity contribution in [3.8, 4) is 0 Å². The predicted octanol–water partition coefficient (Wildman–Crippen LogP) is 2.76. The lowest BCUT2D eigenvalue weighted by atomic mass is 9.90. The van der Waals surface area contributed by atoms with Gasteiger partial charge in [0.1, 0.15) is 11.4 Å². The average Bonchev–Trinajstić information content (AvgIpc) is 2.86. The van der Waals surface area contributed by atoms with Crippen LogP contribution in [0.2, 0.25) is 5.02 Å². The number of benzene rings is 1. The number of carbonyl (C=O) groups excluding carboxylic acids is 2. The number of ketones is 2. The largest absolute Gasteiger partial charge is 0.295 e. The molecule has 20 heavy (non-hydrogen) atoms. The Morgan fingerprint density at radius 3 is 2.40 bits per heavy atom. The zero-order chi connectivity index (χ0) is 13.9. The summed E-state index contributed by atoms with van der Waals surface area (Å²) in [6.45, 7) is 0. The number of aromatic nitrogens is 2. The van der Waals surface area contributed by atoms with E-state index in [0.29, 0.717) is 21.8 Å². The SMILES string of the molecule is O=C1c2ccccc2C(=O)c2c1nc1c(Cl)cccn21. The van der Waals surface area contributed by atoms with Gasteiger partial charge in [0.15, 0.2) is 5.65 Å². The molecule has 0 spiro atoms. The van der Waals surface area contributed by atoms with Crippen molar-refractivity contribution in [3.63, 3.8) is 0 Å². The maximum atomic E-state index is 12.6. The van der Waals surface area contributed by atoms with Crippen LogP contribution in [0.5, 0.6) is 0 Å². The van der Waals surface area contributed by atoms with E-state index >= 15 is 0 Å². The molecule has 0 unspecified atom stereocenters. The van der Waals surface area contributed by atoms with Gasteiger partial charge in [-0.05, 0) is 12.1 Å². The van der Waals surface area contributed by atoms with E-state index in [4.69, 9.17) is 11.6 Å². The molecule has 5 heteroatoms. The lowest BCUT2D eigenvalue weighted by Crippen LogP contribution is -2.21. The quantitative estimate of drug-likeness (QED) is 0.498. The zero-order valence-corrected chi connectivity index (χ0v) is 10.9. The molecule has 1 aromatic carbocycles. The van der Waals surface area contributed by atoms with Crippen LogP contribution in [0.25, 0.3) is 5.65 Å². The van der Waals surface area contributed by atoms with Crippen molar-refractivity contribution in [2.75, 3.05) is 0 Å². The van der Waals surface area contributed by atoms with E-state index in [9.17, 15) is 9.59 Å². The molecule has 0 atom stereocenters. The summed E-state index contributed by atoms with van der Waals surface area (Å²) in [7, 11) is 0. The van der Waals surface area contributed by atoms with E-state index in [1.54, 1.807) is 47.0 Å². The molecule has 4 nitrogen and oxygen atoms in total. The third kappa shape index (κ3) is 1.29. The van der Waals surface area contributed by atoms with Gasteiger partial charge in [0.05, 0.1) is 5.02 Å². The van der Waals surface area contributed by atoms with E-state index in [-0.39, 0.29) is 23.0 Å². The predicted molar refractivity (Wildman–Crippen MR) is 73.5 cm³/mol. The van der Waals surface area contributed by atoms with E-state index in [2.05, 4.69) is 4.98 Å². The monoisotopic (exact) mass is 282 g/mol. The molecule has 4 rings (SSSR count). The van der Waals surface area contributed by atoms with Crippen molar-refractivity contribution in [1.82, 2.24) is 9.38 Å². The number of carbonyl (C=O) groups is 2. The number of halogens is 1. The third-order valence-corrected chi connectivity index (χ3v) is 3.74. The first-order chi connectivity index (χ1) is 9.68. The molecule has 0 fully saturated rings. The number of nitrogens with zero attached hydrogens (tertiary/aromatic N) is 2. The number of hydrogen-bond acceptors (Lipinski definition) is 3. The van der Waals surface area contributed by atoms with Gasteiger partial charge in [-0.3, -0.25) is 14.0 Å². The van der Waals surface area contributed by atoms with Gasteiger partial charge in [-0.25, -0.2) is 4.98 Å². The Morgan fingerprint density at radius 1 is 0.950 bits per heavy atom. The van der Waals surface area contributed by atoms with Crippen molar-refractivity contribution < 1.29 is 9.59 Å². The van der Waals surface area contributed by atoms with Crippen molar-refractivity contribution in [2.45, 2.75) is 0 Å². The summed E-state index contributed by atoms with van der Waals surface area (Å²) in [5.74, 6) is -0.445. The van der Waals surface area contributed by atoms with Crippen LogP contribution in [0.1, 0.15) is 32.1 Å². The molecule has 3 aromatic rings. The van der Waals surface area contributed by atoms with Crippen LogP contribution in [0.15, 0.2) is 42.6 Å². The number of hydrogen-bond donors (Lipinski definition) is 0.